The Bertz CT molecular complexity index is 746. The van der Waals surface area contributed by atoms with Crippen LogP contribution in [0.5, 0.6) is 0 Å². The molecule has 1 aliphatic heterocycles. The highest BCUT2D eigenvalue weighted by molar-refractivity contribution is 8.18. The molecule has 0 atom stereocenters. The van der Waals surface area contributed by atoms with Gasteiger partial charge in [-0.05, 0) is 46.5 Å². The average Bonchev–Trinajstić information content (AvgIpc) is 2.86. The molecule has 1 aliphatic rings. The van der Waals surface area contributed by atoms with Gasteiger partial charge >= 0.3 is 0 Å². The smallest absolute Gasteiger partial charge is 0.282 e. The molecule has 3 rings (SSSR count). The number of aryl methyl sites for hydroxylation is 1. The van der Waals surface area contributed by atoms with Gasteiger partial charge in [-0.15, -0.1) is 0 Å². The van der Waals surface area contributed by atoms with E-state index in [2.05, 4.69) is 36.5 Å². The van der Waals surface area contributed by atoms with Gasteiger partial charge in [0.05, 0.1) is 4.91 Å². The lowest BCUT2D eigenvalue weighted by molar-refractivity contribution is -0.115. The van der Waals surface area contributed by atoms with Crippen LogP contribution >= 0.6 is 11.8 Å². The molecule has 0 bridgehead atoms. The first-order chi connectivity index (χ1) is 10.7. The topological polar surface area (TPSA) is 46.2 Å². The minimum Gasteiger partial charge on any atom is -0.282 e. The lowest BCUT2D eigenvalue weighted by Crippen LogP contribution is -2.17. The molecule has 1 saturated heterocycles. The molecule has 0 saturated carbocycles. The van der Waals surface area contributed by atoms with Crippen LogP contribution in [-0.2, 0) is 11.2 Å². The minimum atomic E-state index is -0.325. The molecule has 1 fully saturated rings. The molecule has 3 nitrogen and oxygen atoms in total. The van der Waals surface area contributed by atoms with Gasteiger partial charge in [0.25, 0.3) is 11.1 Å². The van der Waals surface area contributed by atoms with E-state index in [1.54, 1.807) is 6.08 Å². The molecule has 0 spiro atoms. The number of carbonyl (C=O) groups is 2. The fraction of sp³-hybridized carbons (Fsp3) is 0.111. The van der Waals surface area contributed by atoms with Crippen LogP contribution in [0, 0.1) is 0 Å². The maximum atomic E-state index is 11.5. The molecular formula is C18H15NO2S. The maximum Gasteiger partial charge on any atom is 0.290 e. The maximum absolute atomic E-state index is 11.5. The van der Waals surface area contributed by atoms with Crippen molar-refractivity contribution in [1.82, 2.24) is 5.32 Å². The van der Waals surface area contributed by atoms with Gasteiger partial charge < -0.3 is 0 Å². The highest BCUT2D eigenvalue weighted by Crippen LogP contribution is 2.26. The second kappa shape index (κ2) is 6.20. The van der Waals surface area contributed by atoms with E-state index in [-0.39, 0.29) is 11.1 Å². The van der Waals surface area contributed by atoms with E-state index in [0.717, 1.165) is 29.3 Å². The molecule has 0 radical (unpaired) electrons. The van der Waals surface area contributed by atoms with Gasteiger partial charge in [0.1, 0.15) is 0 Å². The third kappa shape index (κ3) is 3.12. The molecule has 2 aromatic rings. The zero-order valence-corrected chi connectivity index (χ0v) is 12.9. The molecule has 1 N–H and O–H groups in total. The van der Waals surface area contributed by atoms with Crippen LogP contribution in [0.3, 0.4) is 0 Å². The largest absolute Gasteiger partial charge is 0.290 e. The number of thioether (sulfide) groups is 1. The summed E-state index contributed by atoms with van der Waals surface area (Å²) in [5.74, 6) is -0.325. The highest BCUT2D eigenvalue weighted by Gasteiger charge is 2.24. The Morgan fingerprint density at radius 1 is 0.955 bits per heavy atom. The van der Waals surface area contributed by atoms with E-state index in [1.807, 2.05) is 24.3 Å². The summed E-state index contributed by atoms with van der Waals surface area (Å²) in [6, 6.07) is 16.4. The molecular weight excluding hydrogens is 294 g/mol. The Kier molecular flexibility index (Phi) is 4.11. The van der Waals surface area contributed by atoms with Crippen molar-refractivity contribution in [2.45, 2.75) is 13.3 Å². The molecule has 0 unspecified atom stereocenters. The van der Waals surface area contributed by atoms with Crippen molar-refractivity contribution in [3.05, 3.63) is 64.6 Å². The lowest BCUT2D eigenvalue weighted by Gasteiger charge is -2.04. The van der Waals surface area contributed by atoms with Crippen LogP contribution in [0.15, 0.2) is 53.4 Å². The predicted octanol–water partition coefficient (Wildman–Crippen LogP) is 4.24. The standard InChI is InChI=1S/C18H15NO2S/c1-2-12-3-7-14(8-4-12)15-9-5-13(6-10-15)11-16-17(20)19-18(21)22-16/h3-11H,2H2,1H3,(H,19,20,21). The molecule has 0 aliphatic carbocycles. The molecule has 22 heavy (non-hydrogen) atoms. The zero-order chi connectivity index (χ0) is 15.5. The Morgan fingerprint density at radius 2 is 1.55 bits per heavy atom. The summed E-state index contributed by atoms with van der Waals surface area (Å²) in [6.07, 6.45) is 2.76. The molecule has 1 heterocycles. The van der Waals surface area contributed by atoms with Crippen molar-refractivity contribution in [1.29, 1.82) is 0 Å². The Morgan fingerprint density at radius 3 is 2.05 bits per heavy atom. The fourth-order valence-electron chi connectivity index (χ4n) is 2.28. The number of carbonyl (C=O) groups excluding carboxylic acids is 2. The molecule has 110 valence electrons. The van der Waals surface area contributed by atoms with Crippen molar-refractivity contribution in [3.63, 3.8) is 0 Å². The molecule has 0 aromatic heterocycles. The summed E-state index contributed by atoms with van der Waals surface area (Å²) in [7, 11) is 0. The van der Waals surface area contributed by atoms with Gasteiger partial charge in [0.2, 0.25) is 0 Å². The Hall–Kier alpha value is -2.33. The van der Waals surface area contributed by atoms with Crippen LogP contribution in [0.1, 0.15) is 18.1 Å². The number of amides is 2. The van der Waals surface area contributed by atoms with Crippen molar-refractivity contribution >= 4 is 29.0 Å². The number of hydrogen-bond acceptors (Lipinski definition) is 3. The predicted molar refractivity (Wildman–Crippen MR) is 90.4 cm³/mol. The third-order valence-electron chi connectivity index (χ3n) is 3.55. The Labute approximate surface area is 133 Å². The summed E-state index contributed by atoms with van der Waals surface area (Å²) in [5.41, 5.74) is 4.52. The summed E-state index contributed by atoms with van der Waals surface area (Å²) >= 11 is 0.935. The summed E-state index contributed by atoms with van der Waals surface area (Å²) < 4.78 is 0. The third-order valence-corrected chi connectivity index (χ3v) is 4.36. The van der Waals surface area contributed by atoms with Crippen molar-refractivity contribution in [2.24, 2.45) is 0 Å². The molecule has 2 aromatic carbocycles. The Balaban J connectivity index is 1.82. The van der Waals surface area contributed by atoms with Crippen LogP contribution < -0.4 is 5.32 Å². The number of hydrogen-bond donors (Lipinski definition) is 1. The summed E-state index contributed by atoms with van der Waals surface area (Å²) in [6.45, 7) is 2.14. The van der Waals surface area contributed by atoms with Crippen LogP contribution in [0.4, 0.5) is 4.79 Å². The van der Waals surface area contributed by atoms with Crippen LogP contribution in [0.2, 0.25) is 0 Å². The van der Waals surface area contributed by atoms with E-state index in [4.69, 9.17) is 0 Å². The van der Waals surface area contributed by atoms with Gasteiger partial charge in [0.15, 0.2) is 0 Å². The molecule has 2 amide bonds. The first kappa shape index (κ1) is 14.6. The lowest BCUT2D eigenvalue weighted by atomic mass is 10.0. The monoisotopic (exact) mass is 309 g/mol. The van der Waals surface area contributed by atoms with Crippen molar-refractivity contribution in [2.75, 3.05) is 0 Å². The normalized spacial score (nSPS) is 16.1. The second-order valence-electron chi connectivity index (χ2n) is 5.02. The van der Waals surface area contributed by atoms with Gasteiger partial charge in [-0.3, -0.25) is 14.9 Å². The van der Waals surface area contributed by atoms with Gasteiger partial charge in [0, 0.05) is 0 Å². The number of benzene rings is 2. The second-order valence-corrected chi connectivity index (χ2v) is 6.04. The van der Waals surface area contributed by atoms with Crippen molar-refractivity contribution < 1.29 is 9.59 Å². The number of nitrogens with one attached hydrogen (secondary N) is 1. The van der Waals surface area contributed by atoms with Crippen molar-refractivity contribution in [3.8, 4) is 11.1 Å². The average molecular weight is 309 g/mol. The van der Waals surface area contributed by atoms with E-state index in [0.29, 0.717) is 4.91 Å². The minimum absolute atomic E-state index is 0.316. The molecule has 4 heteroatoms. The number of imide groups is 1. The van der Waals surface area contributed by atoms with E-state index < -0.39 is 0 Å². The fourth-order valence-corrected chi connectivity index (χ4v) is 2.96. The first-order valence-corrected chi connectivity index (χ1v) is 7.91. The first-order valence-electron chi connectivity index (χ1n) is 7.10. The van der Waals surface area contributed by atoms with E-state index >= 15 is 0 Å². The van der Waals surface area contributed by atoms with Crippen LogP contribution in [-0.4, -0.2) is 11.1 Å². The summed E-state index contributed by atoms with van der Waals surface area (Å²) in [4.78, 5) is 23.1. The van der Waals surface area contributed by atoms with Gasteiger partial charge in [-0.2, -0.15) is 0 Å². The quantitative estimate of drug-likeness (QED) is 0.863. The van der Waals surface area contributed by atoms with Gasteiger partial charge in [-0.1, -0.05) is 55.5 Å². The van der Waals surface area contributed by atoms with E-state index in [1.165, 1.54) is 11.1 Å². The summed E-state index contributed by atoms with van der Waals surface area (Å²) in [5, 5.41) is 1.94. The highest BCUT2D eigenvalue weighted by atomic mass is 32.2. The SMILES string of the molecule is CCc1ccc(-c2ccc(C=C3SC(=O)NC3=O)cc2)cc1. The zero-order valence-electron chi connectivity index (χ0n) is 12.1. The van der Waals surface area contributed by atoms with Crippen LogP contribution in [0.25, 0.3) is 17.2 Å². The van der Waals surface area contributed by atoms with Gasteiger partial charge in [-0.25, -0.2) is 0 Å². The van der Waals surface area contributed by atoms with E-state index in [9.17, 15) is 9.59 Å². The number of rotatable bonds is 3.